The SMILES string of the molecule is CC1NC[C@@]2(C(F)F)CCCN2C1C. The van der Waals surface area contributed by atoms with Gasteiger partial charge in [0.25, 0.3) is 6.43 Å². The average Bonchev–Trinajstić information content (AvgIpc) is 2.57. The van der Waals surface area contributed by atoms with Gasteiger partial charge in [-0.1, -0.05) is 0 Å². The number of nitrogens with one attached hydrogen (secondary N) is 1. The molecule has 2 aliphatic rings. The van der Waals surface area contributed by atoms with Gasteiger partial charge in [0.2, 0.25) is 0 Å². The van der Waals surface area contributed by atoms with Crippen LogP contribution in [0.1, 0.15) is 26.7 Å². The molecule has 2 rings (SSSR count). The Morgan fingerprint density at radius 3 is 2.79 bits per heavy atom. The Morgan fingerprint density at radius 2 is 2.14 bits per heavy atom. The third kappa shape index (κ3) is 1.27. The van der Waals surface area contributed by atoms with Gasteiger partial charge >= 0.3 is 0 Å². The van der Waals surface area contributed by atoms with E-state index in [0.29, 0.717) is 19.0 Å². The molecule has 0 bridgehead atoms. The molecule has 2 unspecified atom stereocenters. The smallest absolute Gasteiger partial charge is 0.257 e. The number of halogens is 2. The summed E-state index contributed by atoms with van der Waals surface area (Å²) in [5, 5.41) is 3.20. The van der Waals surface area contributed by atoms with Crippen LogP contribution >= 0.6 is 0 Å². The first-order valence-electron chi connectivity index (χ1n) is 5.36. The van der Waals surface area contributed by atoms with Gasteiger partial charge in [-0.3, -0.25) is 4.90 Å². The van der Waals surface area contributed by atoms with Crippen molar-refractivity contribution < 1.29 is 8.78 Å². The van der Waals surface area contributed by atoms with Crippen LogP contribution in [0.15, 0.2) is 0 Å². The second kappa shape index (κ2) is 3.42. The molecule has 82 valence electrons. The summed E-state index contributed by atoms with van der Waals surface area (Å²) in [7, 11) is 0. The summed E-state index contributed by atoms with van der Waals surface area (Å²) in [6.45, 7) is 5.38. The van der Waals surface area contributed by atoms with Crippen molar-refractivity contribution in [3.8, 4) is 0 Å². The van der Waals surface area contributed by atoms with Gasteiger partial charge in [0.15, 0.2) is 0 Å². The fourth-order valence-corrected chi connectivity index (χ4v) is 2.81. The van der Waals surface area contributed by atoms with Crippen LogP contribution in [0.3, 0.4) is 0 Å². The highest BCUT2D eigenvalue weighted by Gasteiger charge is 2.53. The monoisotopic (exact) mass is 204 g/mol. The first-order valence-corrected chi connectivity index (χ1v) is 5.36. The Kier molecular flexibility index (Phi) is 2.52. The van der Waals surface area contributed by atoms with Crippen molar-refractivity contribution in [2.45, 2.75) is 50.7 Å². The third-order valence-corrected chi connectivity index (χ3v) is 3.93. The van der Waals surface area contributed by atoms with Crippen LogP contribution in [0.2, 0.25) is 0 Å². The van der Waals surface area contributed by atoms with Gasteiger partial charge < -0.3 is 5.32 Å². The molecule has 0 aromatic rings. The van der Waals surface area contributed by atoms with Crippen LogP contribution in [0.4, 0.5) is 8.78 Å². The molecule has 2 saturated heterocycles. The van der Waals surface area contributed by atoms with E-state index in [1.165, 1.54) is 0 Å². The lowest BCUT2D eigenvalue weighted by Crippen LogP contribution is -2.68. The van der Waals surface area contributed by atoms with Gasteiger partial charge in [0, 0.05) is 18.6 Å². The first kappa shape index (κ1) is 10.3. The Morgan fingerprint density at radius 1 is 1.43 bits per heavy atom. The van der Waals surface area contributed by atoms with Crippen LogP contribution in [0.5, 0.6) is 0 Å². The highest BCUT2D eigenvalue weighted by Crippen LogP contribution is 2.38. The van der Waals surface area contributed by atoms with E-state index in [2.05, 4.69) is 12.2 Å². The molecule has 2 heterocycles. The molecule has 0 aromatic carbocycles. The van der Waals surface area contributed by atoms with Crippen LogP contribution < -0.4 is 5.32 Å². The lowest BCUT2D eigenvalue weighted by molar-refractivity contribution is -0.0729. The zero-order chi connectivity index (χ0) is 10.3. The van der Waals surface area contributed by atoms with Crippen LogP contribution in [0.25, 0.3) is 0 Å². The quantitative estimate of drug-likeness (QED) is 0.695. The molecular weight excluding hydrogens is 186 g/mol. The molecule has 2 fully saturated rings. The molecule has 0 amide bonds. The van der Waals surface area contributed by atoms with Crippen LogP contribution in [0, 0.1) is 0 Å². The Bertz CT molecular complexity index is 222. The Balaban J connectivity index is 2.23. The van der Waals surface area contributed by atoms with Gasteiger partial charge in [-0.25, -0.2) is 8.78 Å². The highest BCUT2D eigenvalue weighted by atomic mass is 19.3. The van der Waals surface area contributed by atoms with Gasteiger partial charge in [-0.2, -0.15) is 0 Å². The molecule has 14 heavy (non-hydrogen) atoms. The predicted octanol–water partition coefficient (Wildman–Crippen LogP) is 1.47. The minimum absolute atomic E-state index is 0.222. The molecular formula is C10H18F2N2. The lowest BCUT2D eigenvalue weighted by Gasteiger charge is -2.48. The molecule has 0 aliphatic carbocycles. The minimum Gasteiger partial charge on any atom is -0.311 e. The highest BCUT2D eigenvalue weighted by molar-refractivity contribution is 5.06. The van der Waals surface area contributed by atoms with Crippen LogP contribution in [-0.2, 0) is 0 Å². The fraction of sp³-hybridized carbons (Fsp3) is 1.00. The van der Waals surface area contributed by atoms with E-state index in [0.717, 1.165) is 13.0 Å². The maximum Gasteiger partial charge on any atom is 0.257 e. The molecule has 0 spiro atoms. The van der Waals surface area contributed by atoms with E-state index in [9.17, 15) is 8.78 Å². The topological polar surface area (TPSA) is 15.3 Å². The number of piperazine rings is 1. The molecule has 2 aliphatic heterocycles. The van der Waals surface area contributed by atoms with E-state index in [-0.39, 0.29) is 6.04 Å². The summed E-state index contributed by atoms with van der Waals surface area (Å²) in [5.74, 6) is 0. The summed E-state index contributed by atoms with van der Waals surface area (Å²) in [6, 6.07) is 0.542. The summed E-state index contributed by atoms with van der Waals surface area (Å²) in [6.07, 6.45) is -0.690. The average molecular weight is 204 g/mol. The van der Waals surface area contributed by atoms with Crippen molar-refractivity contribution in [3.63, 3.8) is 0 Å². The van der Waals surface area contributed by atoms with E-state index in [1.807, 2.05) is 11.8 Å². The maximum atomic E-state index is 13.1. The molecule has 4 heteroatoms. The van der Waals surface area contributed by atoms with Crippen molar-refractivity contribution in [1.82, 2.24) is 10.2 Å². The lowest BCUT2D eigenvalue weighted by atomic mass is 9.90. The second-order valence-electron chi connectivity index (χ2n) is 4.61. The number of rotatable bonds is 1. The minimum atomic E-state index is -2.23. The number of fused-ring (bicyclic) bond motifs is 1. The number of nitrogens with zero attached hydrogens (tertiary/aromatic N) is 1. The first-order chi connectivity index (χ1) is 6.58. The standard InChI is InChI=1S/C10H18F2N2/c1-7-8(2)14-5-3-4-10(14,6-13-7)9(11)12/h7-9,13H,3-6H2,1-2H3/t7?,8?,10-/m1/s1. The van der Waals surface area contributed by atoms with Crippen molar-refractivity contribution in [1.29, 1.82) is 0 Å². The van der Waals surface area contributed by atoms with Crippen molar-refractivity contribution >= 4 is 0 Å². The fourth-order valence-electron chi connectivity index (χ4n) is 2.81. The molecule has 0 saturated carbocycles. The molecule has 0 radical (unpaired) electrons. The Hall–Kier alpha value is -0.220. The number of hydrogen-bond donors (Lipinski definition) is 1. The second-order valence-corrected chi connectivity index (χ2v) is 4.61. The molecule has 2 nitrogen and oxygen atoms in total. The van der Waals surface area contributed by atoms with Gasteiger partial charge in [-0.15, -0.1) is 0 Å². The van der Waals surface area contributed by atoms with E-state index in [4.69, 9.17) is 0 Å². The molecule has 0 aromatic heterocycles. The van der Waals surface area contributed by atoms with Crippen molar-refractivity contribution in [2.75, 3.05) is 13.1 Å². The molecule has 3 atom stereocenters. The third-order valence-electron chi connectivity index (χ3n) is 3.93. The number of alkyl halides is 2. The largest absolute Gasteiger partial charge is 0.311 e. The normalized spacial score (nSPS) is 44.4. The van der Waals surface area contributed by atoms with Gasteiger partial charge in [-0.05, 0) is 33.2 Å². The van der Waals surface area contributed by atoms with Gasteiger partial charge in [0.05, 0.1) is 5.54 Å². The van der Waals surface area contributed by atoms with Crippen LogP contribution in [-0.4, -0.2) is 42.0 Å². The van der Waals surface area contributed by atoms with Gasteiger partial charge in [0.1, 0.15) is 0 Å². The zero-order valence-corrected chi connectivity index (χ0v) is 8.76. The van der Waals surface area contributed by atoms with E-state index < -0.39 is 12.0 Å². The predicted molar refractivity (Wildman–Crippen MR) is 51.6 cm³/mol. The summed E-state index contributed by atoms with van der Waals surface area (Å²) in [5.41, 5.74) is -0.869. The summed E-state index contributed by atoms with van der Waals surface area (Å²) in [4.78, 5) is 2.01. The summed E-state index contributed by atoms with van der Waals surface area (Å²) < 4.78 is 26.2. The van der Waals surface area contributed by atoms with E-state index >= 15 is 0 Å². The number of hydrogen-bond acceptors (Lipinski definition) is 2. The Labute approximate surface area is 83.7 Å². The van der Waals surface area contributed by atoms with Crippen molar-refractivity contribution in [3.05, 3.63) is 0 Å². The van der Waals surface area contributed by atoms with E-state index in [1.54, 1.807) is 0 Å². The summed E-state index contributed by atoms with van der Waals surface area (Å²) >= 11 is 0. The maximum absolute atomic E-state index is 13.1. The molecule has 1 N–H and O–H groups in total. The zero-order valence-electron chi connectivity index (χ0n) is 8.76. The van der Waals surface area contributed by atoms with Crippen molar-refractivity contribution in [2.24, 2.45) is 0 Å².